The minimum absolute atomic E-state index is 0.148. The quantitative estimate of drug-likeness (QED) is 0.291. The van der Waals surface area contributed by atoms with E-state index in [4.69, 9.17) is 34.8 Å². The van der Waals surface area contributed by atoms with Crippen LogP contribution >= 0.6 is 46.6 Å². The van der Waals surface area contributed by atoms with Crippen LogP contribution in [-0.4, -0.2) is 35.1 Å². The molecule has 184 valence electrons. The van der Waals surface area contributed by atoms with Gasteiger partial charge in [-0.25, -0.2) is 0 Å². The largest absolute Gasteiger partial charge is 0.355 e. The molecule has 8 heteroatoms. The number of amides is 2. The van der Waals surface area contributed by atoms with Gasteiger partial charge in [-0.1, -0.05) is 83.3 Å². The molecule has 4 nitrogen and oxygen atoms in total. The molecule has 0 aliphatic carbocycles. The Morgan fingerprint density at radius 2 is 1.57 bits per heavy atom. The van der Waals surface area contributed by atoms with Gasteiger partial charge in [0.25, 0.3) is 0 Å². The molecule has 0 heterocycles. The third-order valence-electron chi connectivity index (χ3n) is 5.40. The van der Waals surface area contributed by atoms with Gasteiger partial charge in [-0.3, -0.25) is 9.59 Å². The van der Waals surface area contributed by atoms with E-state index in [1.807, 2.05) is 55.5 Å². The molecule has 1 atom stereocenters. The van der Waals surface area contributed by atoms with E-state index in [0.29, 0.717) is 33.8 Å². The standard InChI is InChI=1S/C27H27Cl3N2O2S/c1-2-31-27(34)25(15-19-8-4-3-5-9-19)32(16-20-10-6-11-21(28)14-20)26(33)18-35-17-22-23(29)12-7-13-24(22)30/h3-14,25H,2,15-18H2,1H3,(H,31,34). The molecule has 0 saturated carbocycles. The maximum Gasteiger partial charge on any atom is 0.243 e. The molecular formula is C27H27Cl3N2O2S. The van der Waals surface area contributed by atoms with Crippen LogP contribution in [0.5, 0.6) is 0 Å². The van der Waals surface area contributed by atoms with Crippen molar-refractivity contribution in [3.63, 3.8) is 0 Å². The molecule has 0 saturated heterocycles. The maximum atomic E-state index is 13.6. The fourth-order valence-electron chi connectivity index (χ4n) is 3.67. The average molecular weight is 550 g/mol. The molecule has 1 N–H and O–H groups in total. The van der Waals surface area contributed by atoms with E-state index in [0.717, 1.165) is 16.7 Å². The highest BCUT2D eigenvalue weighted by Gasteiger charge is 2.30. The summed E-state index contributed by atoms with van der Waals surface area (Å²) in [5, 5.41) is 4.61. The highest BCUT2D eigenvalue weighted by Crippen LogP contribution is 2.28. The number of thioether (sulfide) groups is 1. The summed E-state index contributed by atoms with van der Waals surface area (Å²) in [5.74, 6) is 0.322. The molecular weight excluding hydrogens is 523 g/mol. The molecule has 1 unspecified atom stereocenters. The molecule has 3 aromatic rings. The first kappa shape index (κ1) is 27.4. The number of hydrogen-bond acceptors (Lipinski definition) is 3. The van der Waals surface area contributed by atoms with E-state index in [9.17, 15) is 9.59 Å². The van der Waals surface area contributed by atoms with Crippen molar-refractivity contribution in [2.75, 3.05) is 12.3 Å². The van der Waals surface area contributed by atoms with Crippen LogP contribution in [0.15, 0.2) is 72.8 Å². The van der Waals surface area contributed by atoms with Crippen molar-refractivity contribution in [3.05, 3.63) is 105 Å². The lowest BCUT2D eigenvalue weighted by Crippen LogP contribution is -2.51. The third-order valence-corrected chi connectivity index (χ3v) is 7.28. The Kier molecular flexibility index (Phi) is 10.8. The minimum atomic E-state index is -0.673. The number of likely N-dealkylation sites (N-methyl/N-ethyl adjacent to an activating group) is 1. The van der Waals surface area contributed by atoms with Gasteiger partial charge in [0, 0.05) is 40.3 Å². The van der Waals surface area contributed by atoms with Crippen molar-refractivity contribution in [1.82, 2.24) is 10.2 Å². The average Bonchev–Trinajstić information content (AvgIpc) is 2.84. The van der Waals surface area contributed by atoms with Crippen LogP contribution in [0.1, 0.15) is 23.6 Å². The Balaban J connectivity index is 1.85. The molecule has 0 aromatic heterocycles. The summed E-state index contributed by atoms with van der Waals surface area (Å²) >= 11 is 20.2. The smallest absolute Gasteiger partial charge is 0.243 e. The van der Waals surface area contributed by atoms with Gasteiger partial charge in [-0.2, -0.15) is 0 Å². The van der Waals surface area contributed by atoms with Gasteiger partial charge in [0.1, 0.15) is 6.04 Å². The predicted molar refractivity (Wildman–Crippen MR) is 147 cm³/mol. The summed E-state index contributed by atoms with van der Waals surface area (Å²) in [6, 6.07) is 21.7. The van der Waals surface area contributed by atoms with E-state index < -0.39 is 6.04 Å². The number of hydrogen-bond donors (Lipinski definition) is 1. The fraction of sp³-hybridized carbons (Fsp3) is 0.259. The van der Waals surface area contributed by atoms with Crippen LogP contribution in [0, 0.1) is 0 Å². The second-order valence-corrected chi connectivity index (χ2v) is 10.2. The first-order chi connectivity index (χ1) is 16.9. The lowest BCUT2D eigenvalue weighted by molar-refractivity contribution is -0.139. The number of benzene rings is 3. The molecule has 3 rings (SSSR count). The van der Waals surface area contributed by atoms with Gasteiger partial charge >= 0.3 is 0 Å². The van der Waals surface area contributed by atoms with Gasteiger partial charge in [-0.15, -0.1) is 11.8 Å². The number of nitrogens with zero attached hydrogens (tertiary/aromatic N) is 1. The molecule has 0 bridgehead atoms. The fourth-order valence-corrected chi connectivity index (χ4v) is 5.53. The van der Waals surface area contributed by atoms with Crippen molar-refractivity contribution >= 4 is 58.4 Å². The van der Waals surface area contributed by atoms with Gasteiger partial charge < -0.3 is 10.2 Å². The van der Waals surface area contributed by atoms with Gasteiger partial charge in [0.05, 0.1) is 5.75 Å². The van der Waals surface area contributed by atoms with Crippen LogP contribution in [0.25, 0.3) is 0 Å². The summed E-state index contributed by atoms with van der Waals surface area (Å²) in [6.45, 7) is 2.61. The monoisotopic (exact) mass is 548 g/mol. The lowest BCUT2D eigenvalue weighted by Gasteiger charge is -2.31. The second-order valence-electron chi connectivity index (χ2n) is 7.94. The maximum absolute atomic E-state index is 13.6. The summed E-state index contributed by atoms with van der Waals surface area (Å²) in [7, 11) is 0. The number of carbonyl (C=O) groups excluding carboxylic acids is 2. The summed E-state index contributed by atoms with van der Waals surface area (Å²) in [4.78, 5) is 28.4. The van der Waals surface area contributed by atoms with E-state index in [1.165, 1.54) is 11.8 Å². The third kappa shape index (κ3) is 8.18. The molecule has 3 aromatic carbocycles. The molecule has 35 heavy (non-hydrogen) atoms. The Labute approximate surface area is 225 Å². The van der Waals surface area contributed by atoms with Gasteiger partial charge in [0.2, 0.25) is 11.8 Å². The van der Waals surface area contributed by atoms with Gasteiger partial charge in [-0.05, 0) is 47.9 Å². The first-order valence-corrected chi connectivity index (χ1v) is 13.5. The van der Waals surface area contributed by atoms with E-state index in [-0.39, 0.29) is 24.1 Å². The normalized spacial score (nSPS) is 11.7. The van der Waals surface area contributed by atoms with Crippen molar-refractivity contribution < 1.29 is 9.59 Å². The summed E-state index contributed by atoms with van der Waals surface area (Å²) in [5.41, 5.74) is 2.62. The van der Waals surface area contributed by atoms with Crippen LogP contribution in [0.3, 0.4) is 0 Å². The number of rotatable bonds is 11. The Bertz CT molecular complexity index is 1120. The molecule has 2 amide bonds. The van der Waals surface area contributed by atoms with Crippen molar-refractivity contribution in [1.29, 1.82) is 0 Å². The van der Waals surface area contributed by atoms with Crippen molar-refractivity contribution in [2.24, 2.45) is 0 Å². The number of nitrogens with one attached hydrogen (secondary N) is 1. The summed E-state index contributed by atoms with van der Waals surface area (Å²) < 4.78 is 0. The Morgan fingerprint density at radius 3 is 2.23 bits per heavy atom. The number of halogens is 3. The summed E-state index contributed by atoms with van der Waals surface area (Å²) in [6.07, 6.45) is 0.403. The van der Waals surface area contributed by atoms with Crippen LogP contribution in [0.4, 0.5) is 0 Å². The number of carbonyl (C=O) groups is 2. The van der Waals surface area contributed by atoms with E-state index in [1.54, 1.807) is 29.2 Å². The van der Waals surface area contributed by atoms with Crippen LogP contribution < -0.4 is 5.32 Å². The highest BCUT2D eigenvalue weighted by atomic mass is 35.5. The Morgan fingerprint density at radius 1 is 0.914 bits per heavy atom. The van der Waals surface area contributed by atoms with Crippen LogP contribution in [-0.2, 0) is 28.3 Å². The van der Waals surface area contributed by atoms with Crippen molar-refractivity contribution in [2.45, 2.75) is 31.7 Å². The van der Waals surface area contributed by atoms with Crippen molar-refractivity contribution in [3.8, 4) is 0 Å². The molecule has 0 aliphatic rings. The predicted octanol–water partition coefficient (Wildman–Crippen LogP) is 6.66. The Hall–Kier alpha value is -2.18. The SMILES string of the molecule is CCNC(=O)C(Cc1ccccc1)N(Cc1cccc(Cl)c1)C(=O)CSCc1c(Cl)cccc1Cl. The molecule has 0 fully saturated rings. The lowest BCUT2D eigenvalue weighted by atomic mass is 10.0. The molecule has 0 radical (unpaired) electrons. The van der Waals surface area contributed by atoms with Gasteiger partial charge in [0.15, 0.2) is 0 Å². The van der Waals surface area contributed by atoms with Crippen LogP contribution in [0.2, 0.25) is 15.1 Å². The first-order valence-electron chi connectivity index (χ1n) is 11.2. The highest BCUT2D eigenvalue weighted by molar-refractivity contribution is 7.99. The second kappa shape index (κ2) is 13.8. The zero-order valence-corrected chi connectivity index (χ0v) is 22.4. The van der Waals surface area contributed by atoms with E-state index in [2.05, 4.69) is 5.32 Å². The topological polar surface area (TPSA) is 49.4 Å². The minimum Gasteiger partial charge on any atom is -0.355 e. The zero-order chi connectivity index (χ0) is 25.2. The molecule has 0 spiro atoms. The van der Waals surface area contributed by atoms with E-state index >= 15 is 0 Å². The zero-order valence-electron chi connectivity index (χ0n) is 19.3. The molecule has 0 aliphatic heterocycles.